The maximum atomic E-state index is 5.83. The molecule has 106 valence electrons. The van der Waals surface area contributed by atoms with E-state index in [0.29, 0.717) is 0 Å². The maximum Gasteiger partial charge on any atom is 0.119 e. The van der Waals surface area contributed by atoms with Crippen molar-refractivity contribution < 1.29 is 4.74 Å². The van der Waals surface area contributed by atoms with Gasteiger partial charge in [0.2, 0.25) is 0 Å². The molecular formula is C17H27NO. The van der Waals surface area contributed by atoms with Gasteiger partial charge in [0, 0.05) is 0 Å². The first kappa shape index (κ1) is 14.4. The first-order chi connectivity index (χ1) is 9.25. The Morgan fingerprint density at radius 2 is 2.00 bits per heavy atom. The lowest BCUT2D eigenvalue weighted by atomic mass is 10.1. The normalized spacial score (nSPS) is 13.8. The van der Waals surface area contributed by atoms with E-state index in [1.165, 1.54) is 36.8 Å². The Morgan fingerprint density at radius 3 is 2.84 bits per heavy atom. The number of ether oxygens (including phenoxy) is 1. The van der Waals surface area contributed by atoms with Crippen LogP contribution in [0.3, 0.4) is 0 Å². The van der Waals surface area contributed by atoms with Crippen molar-refractivity contribution in [2.24, 2.45) is 5.92 Å². The van der Waals surface area contributed by atoms with Gasteiger partial charge in [-0.15, -0.1) is 0 Å². The summed E-state index contributed by atoms with van der Waals surface area (Å²) in [5.41, 5.74) is 3.02. The lowest BCUT2D eigenvalue weighted by molar-refractivity contribution is 0.305. The Balaban J connectivity index is 1.58. The van der Waals surface area contributed by atoms with Crippen molar-refractivity contribution in [3.05, 3.63) is 29.3 Å². The van der Waals surface area contributed by atoms with Crippen LogP contribution >= 0.6 is 0 Å². The van der Waals surface area contributed by atoms with Gasteiger partial charge in [-0.05, 0) is 74.4 Å². The summed E-state index contributed by atoms with van der Waals surface area (Å²) in [6.07, 6.45) is 6.10. The molecule has 0 aliphatic heterocycles. The molecule has 0 unspecified atom stereocenters. The molecule has 1 aliphatic rings. The minimum atomic E-state index is 0.739. The van der Waals surface area contributed by atoms with Gasteiger partial charge in [-0.1, -0.05) is 19.9 Å². The molecule has 0 radical (unpaired) electrons. The molecule has 0 saturated carbocycles. The van der Waals surface area contributed by atoms with Crippen molar-refractivity contribution in [3.63, 3.8) is 0 Å². The van der Waals surface area contributed by atoms with Crippen molar-refractivity contribution >= 4 is 0 Å². The molecule has 0 heterocycles. The molecule has 0 bridgehead atoms. The summed E-state index contributed by atoms with van der Waals surface area (Å²) in [5, 5.41) is 3.46. The number of benzene rings is 1. The zero-order valence-corrected chi connectivity index (χ0v) is 12.4. The number of hydrogen-bond acceptors (Lipinski definition) is 2. The van der Waals surface area contributed by atoms with Crippen LogP contribution in [0.2, 0.25) is 0 Å². The van der Waals surface area contributed by atoms with Crippen molar-refractivity contribution in [2.75, 3.05) is 19.7 Å². The second kappa shape index (κ2) is 7.54. The van der Waals surface area contributed by atoms with E-state index in [1.807, 2.05) is 0 Å². The second-order valence-electron chi connectivity index (χ2n) is 5.94. The fraction of sp³-hybridized carbons (Fsp3) is 0.647. The maximum absolute atomic E-state index is 5.83. The fourth-order valence-corrected chi connectivity index (χ4v) is 2.57. The summed E-state index contributed by atoms with van der Waals surface area (Å²) >= 11 is 0. The minimum Gasteiger partial charge on any atom is -0.494 e. The van der Waals surface area contributed by atoms with Gasteiger partial charge in [0.15, 0.2) is 0 Å². The van der Waals surface area contributed by atoms with Crippen LogP contribution in [-0.4, -0.2) is 19.7 Å². The molecule has 0 spiro atoms. The Kier molecular flexibility index (Phi) is 5.71. The summed E-state index contributed by atoms with van der Waals surface area (Å²) in [4.78, 5) is 0. The third kappa shape index (κ3) is 4.87. The Morgan fingerprint density at radius 1 is 1.16 bits per heavy atom. The number of hydrogen-bond donors (Lipinski definition) is 1. The smallest absolute Gasteiger partial charge is 0.119 e. The van der Waals surface area contributed by atoms with Gasteiger partial charge >= 0.3 is 0 Å². The first-order valence-corrected chi connectivity index (χ1v) is 7.71. The molecule has 0 aromatic heterocycles. The van der Waals surface area contributed by atoms with Crippen molar-refractivity contribution in [2.45, 2.75) is 46.0 Å². The van der Waals surface area contributed by atoms with Crippen LogP contribution in [-0.2, 0) is 12.8 Å². The topological polar surface area (TPSA) is 21.3 Å². The van der Waals surface area contributed by atoms with Crippen LogP contribution in [0.15, 0.2) is 18.2 Å². The Labute approximate surface area is 117 Å². The molecule has 0 fully saturated rings. The lowest BCUT2D eigenvalue weighted by Gasteiger charge is -2.09. The van der Waals surface area contributed by atoms with Gasteiger partial charge in [0.1, 0.15) is 5.75 Å². The Bertz CT molecular complexity index is 387. The summed E-state index contributed by atoms with van der Waals surface area (Å²) in [6.45, 7) is 7.54. The third-order valence-corrected chi connectivity index (χ3v) is 3.64. The number of aryl methyl sites for hydroxylation is 2. The van der Waals surface area contributed by atoms with Crippen molar-refractivity contribution in [1.29, 1.82) is 0 Å². The standard InChI is InChI=1S/C17H27NO/c1-14(2)13-18-10-3-4-11-19-17-9-8-15-6-5-7-16(15)12-17/h8-9,12,14,18H,3-7,10-11,13H2,1-2H3. The molecule has 0 saturated heterocycles. The van der Waals surface area contributed by atoms with E-state index < -0.39 is 0 Å². The molecule has 0 amide bonds. The average Bonchev–Trinajstić information content (AvgIpc) is 2.84. The van der Waals surface area contributed by atoms with E-state index in [0.717, 1.165) is 37.8 Å². The van der Waals surface area contributed by atoms with Crippen LogP contribution < -0.4 is 10.1 Å². The quantitative estimate of drug-likeness (QED) is 0.722. The molecule has 19 heavy (non-hydrogen) atoms. The highest BCUT2D eigenvalue weighted by molar-refractivity contribution is 5.38. The van der Waals surface area contributed by atoms with E-state index in [4.69, 9.17) is 4.74 Å². The SMILES string of the molecule is CC(C)CNCCCCOc1ccc2c(c1)CCC2. The Hall–Kier alpha value is -1.02. The average molecular weight is 261 g/mol. The summed E-state index contributed by atoms with van der Waals surface area (Å²) in [6, 6.07) is 6.60. The number of fused-ring (bicyclic) bond motifs is 1. The predicted octanol–water partition coefficient (Wildman–Crippen LogP) is 3.58. The van der Waals surface area contributed by atoms with Gasteiger partial charge in [0.25, 0.3) is 0 Å². The van der Waals surface area contributed by atoms with E-state index >= 15 is 0 Å². The summed E-state index contributed by atoms with van der Waals surface area (Å²) < 4.78 is 5.83. The summed E-state index contributed by atoms with van der Waals surface area (Å²) in [5.74, 6) is 1.79. The van der Waals surface area contributed by atoms with Gasteiger partial charge in [-0.3, -0.25) is 0 Å². The van der Waals surface area contributed by atoms with E-state index in [2.05, 4.69) is 37.4 Å². The zero-order valence-electron chi connectivity index (χ0n) is 12.4. The molecule has 0 atom stereocenters. The van der Waals surface area contributed by atoms with Gasteiger partial charge < -0.3 is 10.1 Å². The molecule has 1 aromatic rings. The van der Waals surface area contributed by atoms with Crippen LogP contribution in [0.4, 0.5) is 0 Å². The third-order valence-electron chi connectivity index (χ3n) is 3.64. The number of rotatable bonds is 8. The highest BCUT2D eigenvalue weighted by Crippen LogP contribution is 2.26. The van der Waals surface area contributed by atoms with Crippen LogP contribution in [0.1, 0.15) is 44.2 Å². The second-order valence-corrected chi connectivity index (χ2v) is 5.94. The predicted molar refractivity (Wildman–Crippen MR) is 80.9 cm³/mol. The molecule has 2 nitrogen and oxygen atoms in total. The first-order valence-electron chi connectivity index (χ1n) is 7.71. The van der Waals surface area contributed by atoms with Gasteiger partial charge in [0.05, 0.1) is 6.61 Å². The van der Waals surface area contributed by atoms with E-state index in [9.17, 15) is 0 Å². The van der Waals surface area contributed by atoms with E-state index in [1.54, 1.807) is 0 Å². The molecule has 1 aromatic carbocycles. The number of nitrogens with one attached hydrogen (secondary N) is 1. The summed E-state index contributed by atoms with van der Waals surface area (Å²) in [7, 11) is 0. The highest BCUT2D eigenvalue weighted by Gasteiger charge is 2.10. The van der Waals surface area contributed by atoms with Gasteiger partial charge in [-0.25, -0.2) is 0 Å². The van der Waals surface area contributed by atoms with Crippen LogP contribution in [0, 0.1) is 5.92 Å². The molecular weight excluding hydrogens is 234 g/mol. The monoisotopic (exact) mass is 261 g/mol. The molecule has 1 N–H and O–H groups in total. The largest absolute Gasteiger partial charge is 0.494 e. The van der Waals surface area contributed by atoms with E-state index in [-0.39, 0.29) is 0 Å². The fourth-order valence-electron chi connectivity index (χ4n) is 2.57. The molecule has 2 rings (SSSR count). The molecule has 2 heteroatoms. The van der Waals surface area contributed by atoms with Crippen LogP contribution in [0.25, 0.3) is 0 Å². The lowest BCUT2D eigenvalue weighted by Crippen LogP contribution is -2.21. The van der Waals surface area contributed by atoms with Crippen molar-refractivity contribution in [3.8, 4) is 5.75 Å². The minimum absolute atomic E-state index is 0.739. The molecule has 1 aliphatic carbocycles. The van der Waals surface area contributed by atoms with Crippen molar-refractivity contribution in [1.82, 2.24) is 5.32 Å². The van der Waals surface area contributed by atoms with Crippen LogP contribution in [0.5, 0.6) is 5.75 Å². The number of unbranched alkanes of at least 4 members (excludes halogenated alkanes) is 1. The zero-order chi connectivity index (χ0) is 13.5. The van der Waals surface area contributed by atoms with Gasteiger partial charge in [-0.2, -0.15) is 0 Å². The highest BCUT2D eigenvalue weighted by atomic mass is 16.5.